The van der Waals surface area contributed by atoms with Crippen LogP contribution in [0.3, 0.4) is 0 Å². The van der Waals surface area contributed by atoms with Gasteiger partial charge in [-0.15, -0.1) is 0 Å². The van der Waals surface area contributed by atoms with Crippen molar-refractivity contribution in [3.05, 3.63) is 142 Å². The lowest BCUT2D eigenvalue weighted by Crippen LogP contribution is -2.33. The number of allylic oxidation sites excluding steroid dienone is 1. The van der Waals surface area contributed by atoms with Gasteiger partial charge in [0.05, 0.1) is 0 Å². The highest BCUT2D eigenvalue weighted by atomic mass is 16.6. The van der Waals surface area contributed by atoms with Gasteiger partial charge in [0.1, 0.15) is 6.61 Å². The maximum atomic E-state index is 13.7. The fraction of sp³-hybridized carbons (Fsp3) is 0.189. The Balaban J connectivity index is 1.21. The summed E-state index contributed by atoms with van der Waals surface area (Å²) in [6.45, 7) is 3.37. The molecule has 0 bridgehead atoms. The predicted octanol–water partition coefficient (Wildman–Crippen LogP) is 7.96. The van der Waals surface area contributed by atoms with E-state index in [0.29, 0.717) is 13.1 Å². The molecule has 1 amide bonds. The van der Waals surface area contributed by atoms with Gasteiger partial charge in [-0.3, -0.25) is 0 Å². The molecule has 5 nitrogen and oxygen atoms in total. The molecule has 0 saturated carbocycles. The van der Waals surface area contributed by atoms with Gasteiger partial charge in [0.2, 0.25) is 0 Å². The van der Waals surface area contributed by atoms with Crippen LogP contribution in [0.15, 0.2) is 109 Å². The fourth-order valence-electron chi connectivity index (χ4n) is 6.23. The molecule has 210 valence electrons. The number of carboxylic acids is 1. The Morgan fingerprint density at radius 3 is 2.14 bits per heavy atom. The Labute approximate surface area is 246 Å². The second-order valence-electron chi connectivity index (χ2n) is 11.0. The van der Waals surface area contributed by atoms with E-state index < -0.39 is 5.97 Å². The highest BCUT2D eigenvalue weighted by molar-refractivity contribution is 5.85. The largest absolute Gasteiger partial charge is 0.478 e. The molecule has 6 rings (SSSR count). The molecule has 0 fully saturated rings. The van der Waals surface area contributed by atoms with Crippen molar-refractivity contribution in [3.8, 4) is 11.1 Å². The zero-order valence-electron chi connectivity index (χ0n) is 23.6. The summed E-state index contributed by atoms with van der Waals surface area (Å²) < 4.78 is 6.07. The molecule has 2 aliphatic rings. The van der Waals surface area contributed by atoms with Crippen LogP contribution in [-0.2, 0) is 22.5 Å². The minimum Gasteiger partial charge on any atom is -0.478 e. The summed E-state index contributed by atoms with van der Waals surface area (Å²) in [6.07, 6.45) is 4.03. The van der Waals surface area contributed by atoms with E-state index in [2.05, 4.69) is 55.5 Å². The van der Waals surface area contributed by atoms with Crippen LogP contribution in [0.2, 0.25) is 0 Å². The second kappa shape index (κ2) is 11.9. The molecule has 4 aromatic carbocycles. The van der Waals surface area contributed by atoms with Crippen LogP contribution in [-0.4, -0.2) is 35.2 Å². The quantitative estimate of drug-likeness (QED) is 0.213. The highest BCUT2D eigenvalue weighted by Crippen LogP contribution is 2.44. The number of benzene rings is 4. The maximum Gasteiger partial charge on any atom is 0.410 e. The van der Waals surface area contributed by atoms with Crippen molar-refractivity contribution >= 4 is 23.7 Å². The number of amides is 1. The number of ether oxygens (including phenoxy) is 1. The minimum atomic E-state index is -0.987. The second-order valence-corrected chi connectivity index (χ2v) is 11.0. The number of aliphatic carboxylic acids is 1. The van der Waals surface area contributed by atoms with E-state index >= 15 is 0 Å². The van der Waals surface area contributed by atoms with E-state index in [-0.39, 0.29) is 18.6 Å². The molecule has 4 aromatic rings. The van der Waals surface area contributed by atoms with E-state index in [4.69, 9.17) is 9.84 Å². The number of hydrogen-bond donors (Lipinski definition) is 1. The Morgan fingerprint density at radius 1 is 0.857 bits per heavy atom. The van der Waals surface area contributed by atoms with E-state index in [0.717, 1.165) is 30.0 Å². The van der Waals surface area contributed by atoms with Crippen LogP contribution in [0.1, 0.15) is 52.6 Å². The number of nitrogens with zero attached hydrogens (tertiary/aromatic N) is 1. The van der Waals surface area contributed by atoms with Crippen molar-refractivity contribution in [1.29, 1.82) is 0 Å². The normalized spacial score (nSPS) is 13.6. The number of carbonyl (C=O) groups excluding carboxylic acids is 1. The molecule has 0 aromatic heterocycles. The van der Waals surface area contributed by atoms with E-state index in [1.54, 1.807) is 11.0 Å². The van der Waals surface area contributed by atoms with Gasteiger partial charge in [0.25, 0.3) is 0 Å². The van der Waals surface area contributed by atoms with Gasteiger partial charge in [0.15, 0.2) is 0 Å². The van der Waals surface area contributed by atoms with Gasteiger partial charge in [-0.05, 0) is 75.9 Å². The van der Waals surface area contributed by atoms with Crippen LogP contribution in [0, 0.1) is 0 Å². The van der Waals surface area contributed by atoms with Crippen LogP contribution < -0.4 is 0 Å². The third-order valence-electron chi connectivity index (χ3n) is 8.31. The monoisotopic (exact) mass is 555 g/mol. The van der Waals surface area contributed by atoms with Crippen molar-refractivity contribution in [2.24, 2.45) is 0 Å². The van der Waals surface area contributed by atoms with Crippen molar-refractivity contribution < 1.29 is 19.4 Å². The minimum absolute atomic E-state index is 0.00447. The van der Waals surface area contributed by atoms with Gasteiger partial charge in [-0.25, -0.2) is 9.59 Å². The fourth-order valence-corrected chi connectivity index (χ4v) is 6.23. The molecule has 0 unspecified atom stereocenters. The molecule has 42 heavy (non-hydrogen) atoms. The molecule has 0 saturated heterocycles. The van der Waals surface area contributed by atoms with Crippen LogP contribution >= 0.6 is 0 Å². The zero-order chi connectivity index (χ0) is 29.1. The highest BCUT2D eigenvalue weighted by Gasteiger charge is 2.30. The lowest BCUT2D eigenvalue weighted by Gasteiger charge is -2.24. The topological polar surface area (TPSA) is 66.8 Å². The number of hydrogen-bond acceptors (Lipinski definition) is 3. The Kier molecular flexibility index (Phi) is 7.74. The molecule has 1 N–H and O–H groups in total. The lowest BCUT2D eigenvalue weighted by molar-refractivity contribution is -0.131. The third kappa shape index (κ3) is 5.64. The van der Waals surface area contributed by atoms with Crippen molar-refractivity contribution in [3.63, 3.8) is 0 Å². The number of carboxylic acid groups (broad SMARTS) is 1. The number of rotatable bonds is 9. The Morgan fingerprint density at radius 2 is 1.48 bits per heavy atom. The Hall–Kier alpha value is -4.90. The van der Waals surface area contributed by atoms with E-state index in [9.17, 15) is 9.59 Å². The van der Waals surface area contributed by atoms with Crippen molar-refractivity contribution in [2.45, 2.75) is 32.2 Å². The molecule has 5 heteroatoms. The summed E-state index contributed by atoms with van der Waals surface area (Å²) in [7, 11) is 0. The standard InChI is InChI=1S/C37H33NO4/c1-25-22-28-8-2-3-9-30(28)29(25)20-21-38(23-27-16-14-26(15-17-27)18-19-36(39)40)37(41)42-24-35-33-12-6-4-10-31(33)32-11-5-7-13-34(32)35/h2-19,35H,20-24H2,1H3,(H,39,40)/b19-18+. The third-order valence-corrected chi connectivity index (χ3v) is 8.31. The van der Waals surface area contributed by atoms with E-state index in [1.807, 2.05) is 48.5 Å². The average molecular weight is 556 g/mol. The molecular weight excluding hydrogens is 522 g/mol. The number of carbonyl (C=O) groups is 2. The molecule has 0 heterocycles. The van der Waals surface area contributed by atoms with Gasteiger partial charge >= 0.3 is 12.1 Å². The van der Waals surface area contributed by atoms with Gasteiger partial charge in [-0.1, -0.05) is 103 Å². The van der Waals surface area contributed by atoms with E-state index in [1.165, 1.54) is 44.5 Å². The molecule has 0 spiro atoms. The van der Waals surface area contributed by atoms with Crippen molar-refractivity contribution in [1.82, 2.24) is 4.90 Å². The van der Waals surface area contributed by atoms with Gasteiger partial charge < -0.3 is 14.7 Å². The SMILES string of the molecule is CC1=C(CCN(Cc2ccc(/C=C/C(=O)O)cc2)C(=O)OCC2c3ccccc3-c3ccccc32)c2ccccc2C1. The maximum absolute atomic E-state index is 13.7. The summed E-state index contributed by atoms with van der Waals surface area (Å²) in [6, 6.07) is 32.8. The summed E-state index contributed by atoms with van der Waals surface area (Å²) in [5.41, 5.74) is 11.8. The Bertz CT molecular complexity index is 1650. The molecule has 0 atom stereocenters. The first kappa shape index (κ1) is 27.3. The first-order chi connectivity index (χ1) is 20.5. The first-order valence-corrected chi connectivity index (χ1v) is 14.3. The van der Waals surface area contributed by atoms with Crippen molar-refractivity contribution in [2.75, 3.05) is 13.2 Å². The van der Waals surface area contributed by atoms with Crippen LogP contribution in [0.4, 0.5) is 4.79 Å². The molecule has 0 radical (unpaired) electrons. The molecule has 0 aliphatic heterocycles. The zero-order valence-corrected chi connectivity index (χ0v) is 23.6. The average Bonchev–Trinajstić information content (AvgIpc) is 3.51. The predicted molar refractivity (Wildman–Crippen MR) is 166 cm³/mol. The number of fused-ring (bicyclic) bond motifs is 4. The molecule has 2 aliphatic carbocycles. The summed E-state index contributed by atoms with van der Waals surface area (Å²) in [4.78, 5) is 26.4. The lowest BCUT2D eigenvalue weighted by atomic mass is 9.98. The summed E-state index contributed by atoms with van der Waals surface area (Å²) in [5.74, 6) is -0.992. The first-order valence-electron chi connectivity index (χ1n) is 14.3. The summed E-state index contributed by atoms with van der Waals surface area (Å²) in [5, 5.41) is 8.93. The van der Waals surface area contributed by atoms with Crippen LogP contribution in [0.5, 0.6) is 0 Å². The smallest absolute Gasteiger partial charge is 0.410 e. The van der Waals surface area contributed by atoms with Gasteiger partial charge in [-0.2, -0.15) is 0 Å². The van der Waals surface area contributed by atoms with Gasteiger partial charge in [0, 0.05) is 25.1 Å². The van der Waals surface area contributed by atoms with Crippen LogP contribution in [0.25, 0.3) is 22.8 Å². The molecular formula is C37H33NO4. The summed E-state index contributed by atoms with van der Waals surface area (Å²) >= 11 is 0.